The highest BCUT2D eigenvalue weighted by Gasteiger charge is 2.19. The fourth-order valence-electron chi connectivity index (χ4n) is 2.09. The number of benzene rings is 1. The summed E-state index contributed by atoms with van der Waals surface area (Å²) in [6, 6.07) is 4.00. The molecule has 1 unspecified atom stereocenters. The molecule has 88 valence electrons. The lowest BCUT2D eigenvalue weighted by atomic mass is 10.2. The van der Waals surface area contributed by atoms with Crippen LogP contribution in [0, 0.1) is 11.6 Å². The van der Waals surface area contributed by atoms with Gasteiger partial charge in [0.2, 0.25) is 0 Å². The molecular weight excluding hydrogens is 210 g/mol. The lowest BCUT2D eigenvalue weighted by Crippen LogP contribution is -2.37. The topological polar surface area (TPSA) is 15.3 Å². The van der Waals surface area contributed by atoms with Crippen LogP contribution in [0.4, 0.5) is 14.5 Å². The summed E-state index contributed by atoms with van der Waals surface area (Å²) >= 11 is 0. The van der Waals surface area contributed by atoms with Crippen molar-refractivity contribution >= 4 is 5.69 Å². The Hall–Kier alpha value is -1.16. The molecule has 2 rings (SSSR count). The van der Waals surface area contributed by atoms with Crippen molar-refractivity contribution in [3.05, 3.63) is 29.8 Å². The van der Waals surface area contributed by atoms with Crippen molar-refractivity contribution in [2.75, 3.05) is 24.5 Å². The lowest BCUT2D eigenvalue weighted by molar-refractivity contribution is 0.566. The summed E-state index contributed by atoms with van der Waals surface area (Å²) < 4.78 is 26.5. The average molecular weight is 226 g/mol. The van der Waals surface area contributed by atoms with E-state index in [0.717, 1.165) is 32.1 Å². The lowest BCUT2D eigenvalue weighted by Gasteiger charge is -2.29. The second-order valence-corrected chi connectivity index (χ2v) is 4.20. The largest absolute Gasteiger partial charge is 0.365 e. The fraction of sp³-hybridized carbons (Fsp3) is 0.500. The van der Waals surface area contributed by atoms with Gasteiger partial charge in [0.05, 0.1) is 5.69 Å². The minimum atomic E-state index is -0.526. The van der Waals surface area contributed by atoms with E-state index in [2.05, 4.69) is 5.32 Å². The average Bonchev–Trinajstić information content (AvgIpc) is 2.44. The molecule has 0 radical (unpaired) electrons. The zero-order valence-corrected chi connectivity index (χ0v) is 9.34. The van der Waals surface area contributed by atoms with E-state index in [4.69, 9.17) is 0 Å². The molecule has 1 atom stereocenters. The molecule has 0 bridgehead atoms. The van der Waals surface area contributed by atoms with Crippen molar-refractivity contribution in [2.24, 2.45) is 0 Å². The summed E-state index contributed by atoms with van der Waals surface area (Å²) in [5.41, 5.74) is 0.498. The smallest absolute Gasteiger partial charge is 0.149 e. The molecule has 2 nitrogen and oxygen atoms in total. The molecule has 1 N–H and O–H groups in total. The van der Waals surface area contributed by atoms with Crippen molar-refractivity contribution in [3.63, 3.8) is 0 Å². The SMILES string of the molecule is CC1CNCCCN1c1ccc(F)cc1F. The maximum atomic E-state index is 13.6. The summed E-state index contributed by atoms with van der Waals surface area (Å²) in [5.74, 6) is -1.00. The summed E-state index contributed by atoms with van der Waals surface area (Å²) in [6.07, 6.45) is 0.973. The van der Waals surface area contributed by atoms with Gasteiger partial charge in [0.25, 0.3) is 0 Å². The third-order valence-electron chi connectivity index (χ3n) is 2.94. The first-order valence-electron chi connectivity index (χ1n) is 5.61. The Kier molecular flexibility index (Phi) is 3.39. The van der Waals surface area contributed by atoms with Crippen molar-refractivity contribution in [2.45, 2.75) is 19.4 Å². The Morgan fingerprint density at radius 3 is 2.94 bits per heavy atom. The van der Waals surface area contributed by atoms with E-state index in [9.17, 15) is 8.78 Å². The van der Waals surface area contributed by atoms with Crippen LogP contribution in [0.3, 0.4) is 0 Å². The molecular formula is C12H16F2N2. The second-order valence-electron chi connectivity index (χ2n) is 4.20. The third-order valence-corrected chi connectivity index (χ3v) is 2.94. The Bertz CT molecular complexity index is 368. The molecule has 0 aliphatic carbocycles. The molecule has 1 aliphatic rings. The Morgan fingerprint density at radius 1 is 1.38 bits per heavy atom. The van der Waals surface area contributed by atoms with Crippen LogP contribution in [0.1, 0.15) is 13.3 Å². The minimum absolute atomic E-state index is 0.225. The van der Waals surface area contributed by atoms with E-state index in [1.807, 2.05) is 11.8 Å². The van der Waals surface area contributed by atoms with Gasteiger partial charge in [-0.15, -0.1) is 0 Å². The summed E-state index contributed by atoms with van der Waals surface area (Å²) in [5, 5.41) is 3.29. The molecule has 4 heteroatoms. The van der Waals surface area contributed by atoms with Crippen molar-refractivity contribution in [1.82, 2.24) is 5.32 Å². The first-order valence-corrected chi connectivity index (χ1v) is 5.61. The predicted molar refractivity (Wildman–Crippen MR) is 60.7 cm³/mol. The Morgan fingerprint density at radius 2 is 2.19 bits per heavy atom. The van der Waals surface area contributed by atoms with Crippen LogP contribution in [-0.4, -0.2) is 25.7 Å². The standard InChI is InChI=1S/C12H16F2N2/c1-9-8-15-5-2-6-16(9)12-4-3-10(13)7-11(12)14/h3-4,7,9,15H,2,5-6,8H2,1H3. The molecule has 0 aromatic heterocycles. The molecule has 1 aromatic rings. The van der Waals surface area contributed by atoms with Crippen molar-refractivity contribution in [3.8, 4) is 0 Å². The van der Waals surface area contributed by atoms with Crippen LogP contribution in [-0.2, 0) is 0 Å². The first kappa shape index (κ1) is 11.3. The normalized spacial score (nSPS) is 21.9. The van der Waals surface area contributed by atoms with Crippen LogP contribution in [0.25, 0.3) is 0 Å². The highest BCUT2D eigenvalue weighted by atomic mass is 19.1. The molecule has 1 aromatic carbocycles. The molecule has 0 saturated carbocycles. The zero-order chi connectivity index (χ0) is 11.5. The van der Waals surface area contributed by atoms with E-state index >= 15 is 0 Å². The molecule has 1 aliphatic heterocycles. The van der Waals surface area contributed by atoms with Crippen LogP contribution in [0.5, 0.6) is 0 Å². The van der Waals surface area contributed by atoms with E-state index in [1.165, 1.54) is 12.1 Å². The Balaban J connectivity index is 2.27. The quantitative estimate of drug-likeness (QED) is 0.789. The number of halogens is 2. The van der Waals surface area contributed by atoms with Gasteiger partial charge in [-0.25, -0.2) is 8.78 Å². The van der Waals surface area contributed by atoms with E-state index in [-0.39, 0.29) is 6.04 Å². The fourth-order valence-corrected chi connectivity index (χ4v) is 2.09. The van der Waals surface area contributed by atoms with Gasteiger partial charge < -0.3 is 10.2 Å². The maximum absolute atomic E-state index is 13.6. The molecule has 1 fully saturated rings. The van der Waals surface area contributed by atoms with Gasteiger partial charge in [0, 0.05) is 25.2 Å². The summed E-state index contributed by atoms with van der Waals surface area (Å²) in [6.45, 7) is 4.62. The molecule has 0 amide bonds. The molecule has 0 spiro atoms. The van der Waals surface area contributed by atoms with E-state index in [1.54, 1.807) is 0 Å². The first-order chi connectivity index (χ1) is 7.68. The maximum Gasteiger partial charge on any atom is 0.149 e. The van der Waals surface area contributed by atoms with E-state index < -0.39 is 11.6 Å². The highest BCUT2D eigenvalue weighted by Crippen LogP contribution is 2.23. The van der Waals surface area contributed by atoms with Gasteiger partial charge in [-0.1, -0.05) is 0 Å². The summed E-state index contributed by atoms with van der Waals surface area (Å²) in [4.78, 5) is 1.99. The molecule has 1 saturated heterocycles. The zero-order valence-electron chi connectivity index (χ0n) is 9.34. The number of hydrogen-bond acceptors (Lipinski definition) is 2. The van der Waals surface area contributed by atoms with Crippen LogP contribution < -0.4 is 10.2 Å². The number of anilines is 1. The number of nitrogens with one attached hydrogen (secondary N) is 1. The molecule has 16 heavy (non-hydrogen) atoms. The van der Waals surface area contributed by atoms with Gasteiger partial charge in [-0.05, 0) is 32.0 Å². The highest BCUT2D eigenvalue weighted by molar-refractivity contribution is 5.49. The monoisotopic (exact) mass is 226 g/mol. The number of hydrogen-bond donors (Lipinski definition) is 1. The summed E-state index contributed by atoms with van der Waals surface area (Å²) in [7, 11) is 0. The number of nitrogens with zero attached hydrogens (tertiary/aromatic N) is 1. The van der Waals surface area contributed by atoms with Crippen molar-refractivity contribution < 1.29 is 8.78 Å². The van der Waals surface area contributed by atoms with Crippen LogP contribution >= 0.6 is 0 Å². The second kappa shape index (κ2) is 4.78. The van der Waals surface area contributed by atoms with Crippen molar-refractivity contribution in [1.29, 1.82) is 0 Å². The van der Waals surface area contributed by atoms with Gasteiger partial charge in [-0.3, -0.25) is 0 Å². The van der Waals surface area contributed by atoms with Gasteiger partial charge in [0.15, 0.2) is 0 Å². The van der Waals surface area contributed by atoms with Crippen LogP contribution in [0.15, 0.2) is 18.2 Å². The van der Waals surface area contributed by atoms with Crippen LogP contribution in [0.2, 0.25) is 0 Å². The molecule has 1 heterocycles. The van der Waals surface area contributed by atoms with Gasteiger partial charge in [0.1, 0.15) is 11.6 Å². The van der Waals surface area contributed by atoms with Gasteiger partial charge >= 0.3 is 0 Å². The van der Waals surface area contributed by atoms with Gasteiger partial charge in [-0.2, -0.15) is 0 Å². The minimum Gasteiger partial charge on any atom is -0.365 e. The third kappa shape index (κ3) is 2.32. The number of rotatable bonds is 1. The predicted octanol–water partition coefficient (Wildman–Crippen LogP) is 2.15. The Labute approximate surface area is 94.3 Å². The van der Waals surface area contributed by atoms with E-state index in [0.29, 0.717) is 5.69 Å².